The first-order valence-electron chi connectivity index (χ1n) is 12.4. The number of aromatic nitrogens is 4. The molecule has 1 fully saturated rings. The van der Waals surface area contributed by atoms with E-state index in [1.54, 1.807) is 41.5 Å². The molecule has 0 amide bonds. The van der Waals surface area contributed by atoms with Gasteiger partial charge in [-0.1, -0.05) is 0 Å². The van der Waals surface area contributed by atoms with Gasteiger partial charge in [-0.2, -0.15) is 4.98 Å². The largest absolute Gasteiger partial charge is 0.438 e. The number of fused-ring (bicyclic) bond motifs is 1. The first-order chi connectivity index (χ1) is 18.5. The SMILES string of the molecule is CC(C)(C)C(=O)OCOP(=O)(COC[C@@H]1CC(O)[C@H](n2cnc3c(N)[nH]c(=S)nc32)O1)OCOC(=O)C(C)(C)C. The number of carbonyl (C=O) groups is 2. The molecule has 17 heteroatoms. The lowest BCUT2D eigenvalue weighted by atomic mass is 9.98. The summed E-state index contributed by atoms with van der Waals surface area (Å²) in [6, 6.07) is 0. The van der Waals surface area contributed by atoms with Crippen LogP contribution in [0.2, 0.25) is 0 Å². The minimum Gasteiger partial charge on any atom is -0.438 e. The number of aliphatic hydroxyl groups excluding tert-OH is 1. The molecule has 1 unspecified atom stereocenters. The van der Waals surface area contributed by atoms with Crippen molar-refractivity contribution in [3.05, 3.63) is 11.1 Å². The molecule has 3 rings (SSSR count). The molecule has 3 heterocycles. The molecule has 0 radical (unpaired) electrons. The van der Waals surface area contributed by atoms with E-state index >= 15 is 0 Å². The van der Waals surface area contributed by atoms with Crippen LogP contribution in [0.5, 0.6) is 0 Å². The number of ether oxygens (including phenoxy) is 4. The van der Waals surface area contributed by atoms with Crippen molar-refractivity contribution in [2.45, 2.75) is 66.4 Å². The molecule has 1 aliphatic heterocycles. The van der Waals surface area contributed by atoms with Crippen LogP contribution in [0.15, 0.2) is 6.33 Å². The number of nitrogen functional groups attached to an aromatic ring is 1. The van der Waals surface area contributed by atoms with Crippen molar-refractivity contribution in [3.8, 4) is 0 Å². The molecule has 3 atom stereocenters. The quantitative estimate of drug-likeness (QED) is 0.146. The van der Waals surface area contributed by atoms with Crippen LogP contribution in [-0.2, 0) is 42.1 Å². The summed E-state index contributed by atoms with van der Waals surface area (Å²) in [7, 11) is -4.06. The predicted octanol–water partition coefficient (Wildman–Crippen LogP) is 3.01. The predicted molar refractivity (Wildman–Crippen MR) is 143 cm³/mol. The Hall–Kier alpha value is -2.46. The Morgan fingerprint density at radius 2 is 1.75 bits per heavy atom. The third-order valence-electron chi connectivity index (χ3n) is 5.57. The molecule has 0 aliphatic carbocycles. The maximum atomic E-state index is 13.3. The first-order valence-corrected chi connectivity index (χ1v) is 14.5. The molecule has 15 nitrogen and oxygen atoms in total. The highest BCUT2D eigenvalue weighted by molar-refractivity contribution is 7.71. The van der Waals surface area contributed by atoms with Gasteiger partial charge in [-0.15, -0.1) is 0 Å². The van der Waals surface area contributed by atoms with Gasteiger partial charge in [0.2, 0.25) is 13.6 Å². The maximum absolute atomic E-state index is 13.3. The van der Waals surface area contributed by atoms with Gasteiger partial charge in [0.15, 0.2) is 16.6 Å². The fraction of sp³-hybridized carbons (Fsp3) is 0.696. The second-order valence-electron chi connectivity index (χ2n) is 11.2. The zero-order chi connectivity index (χ0) is 29.9. The number of aliphatic hydroxyl groups is 1. The summed E-state index contributed by atoms with van der Waals surface area (Å²) >= 11 is 5.08. The Kier molecular flexibility index (Phi) is 10.1. The number of nitrogens with two attached hydrogens (primary N) is 1. The number of nitrogens with one attached hydrogen (secondary N) is 1. The molecule has 1 saturated heterocycles. The molecular formula is C23H36N5O10PS. The van der Waals surface area contributed by atoms with Crippen molar-refractivity contribution in [1.29, 1.82) is 0 Å². The number of H-pyrrole nitrogens is 1. The van der Waals surface area contributed by atoms with Crippen LogP contribution in [0, 0.1) is 15.6 Å². The number of rotatable bonds is 11. The molecule has 0 bridgehead atoms. The Labute approximate surface area is 236 Å². The minimum absolute atomic E-state index is 0.101. The van der Waals surface area contributed by atoms with Gasteiger partial charge in [0.25, 0.3) is 0 Å². The zero-order valence-corrected chi connectivity index (χ0v) is 25.0. The standard InChI is InChI=1S/C23H36N5O10PS/c1-22(2,3)19(30)34-10-36-39(32,37-11-35-20(31)23(4,5)6)12-33-8-13-7-14(29)18(38-13)28-9-25-15-16(24)26-21(40)27-17(15)28/h9,13-14,18,29H,7-8,10-12H2,1-6H3,(H3,24,26,27,40)/t13-,14?,18+/m0/s1. The number of anilines is 1. The number of hydrogen-bond donors (Lipinski definition) is 3. The van der Waals surface area contributed by atoms with E-state index < -0.39 is 68.7 Å². The average molecular weight is 606 g/mol. The number of hydrogen-bond acceptors (Lipinski definition) is 14. The highest BCUT2D eigenvalue weighted by atomic mass is 32.1. The van der Waals surface area contributed by atoms with E-state index in [4.69, 9.17) is 45.9 Å². The molecule has 224 valence electrons. The Morgan fingerprint density at radius 3 is 2.30 bits per heavy atom. The van der Waals surface area contributed by atoms with Crippen LogP contribution >= 0.6 is 19.8 Å². The molecule has 2 aromatic heterocycles. The van der Waals surface area contributed by atoms with Crippen molar-refractivity contribution in [2.75, 3.05) is 32.3 Å². The lowest BCUT2D eigenvalue weighted by molar-refractivity contribution is -0.162. The Morgan fingerprint density at radius 1 is 1.18 bits per heavy atom. The van der Waals surface area contributed by atoms with Gasteiger partial charge < -0.3 is 34.8 Å². The van der Waals surface area contributed by atoms with E-state index in [0.717, 1.165) is 0 Å². The number of imidazole rings is 1. The zero-order valence-electron chi connectivity index (χ0n) is 23.2. The van der Waals surface area contributed by atoms with E-state index in [1.165, 1.54) is 10.9 Å². The van der Waals surface area contributed by atoms with E-state index in [1.807, 2.05) is 0 Å². The molecule has 2 aromatic rings. The summed E-state index contributed by atoms with van der Waals surface area (Å²) < 4.78 is 47.0. The summed E-state index contributed by atoms with van der Waals surface area (Å²) in [5.41, 5.74) is 5.01. The average Bonchev–Trinajstić information content (AvgIpc) is 3.40. The fourth-order valence-corrected chi connectivity index (χ4v) is 4.56. The van der Waals surface area contributed by atoms with Gasteiger partial charge in [0.1, 0.15) is 23.8 Å². The van der Waals surface area contributed by atoms with E-state index in [2.05, 4.69) is 15.0 Å². The summed E-state index contributed by atoms with van der Waals surface area (Å²) in [5.74, 6) is -0.927. The second kappa shape index (κ2) is 12.6. The Balaban J connectivity index is 1.60. The van der Waals surface area contributed by atoms with Gasteiger partial charge in [-0.3, -0.25) is 27.8 Å². The number of esters is 2. The Bertz CT molecular complexity index is 1280. The molecule has 0 saturated carbocycles. The lowest BCUT2D eigenvalue weighted by Gasteiger charge is -2.22. The summed E-state index contributed by atoms with van der Waals surface area (Å²) in [6.07, 6.45) is -1.37. The van der Waals surface area contributed by atoms with Crippen molar-refractivity contribution >= 4 is 48.7 Å². The summed E-state index contributed by atoms with van der Waals surface area (Å²) in [5, 5.41) is 10.6. The van der Waals surface area contributed by atoms with Gasteiger partial charge >= 0.3 is 19.5 Å². The third-order valence-corrected chi connectivity index (χ3v) is 7.26. The van der Waals surface area contributed by atoms with Crippen molar-refractivity contribution < 1.29 is 47.3 Å². The topological polar surface area (TPSA) is 199 Å². The van der Waals surface area contributed by atoms with Crippen LogP contribution in [0.4, 0.5) is 5.82 Å². The first kappa shape index (κ1) is 32.1. The van der Waals surface area contributed by atoms with Crippen LogP contribution < -0.4 is 5.73 Å². The van der Waals surface area contributed by atoms with Crippen LogP contribution in [0.25, 0.3) is 11.2 Å². The van der Waals surface area contributed by atoms with Gasteiger partial charge in [0, 0.05) is 6.42 Å². The van der Waals surface area contributed by atoms with Crippen molar-refractivity contribution in [1.82, 2.24) is 19.5 Å². The molecular weight excluding hydrogens is 569 g/mol. The van der Waals surface area contributed by atoms with E-state index in [9.17, 15) is 19.3 Å². The monoisotopic (exact) mass is 605 g/mol. The van der Waals surface area contributed by atoms with Crippen LogP contribution in [0.1, 0.15) is 54.2 Å². The number of nitrogens with zero attached hydrogens (tertiary/aromatic N) is 3. The molecule has 0 spiro atoms. The van der Waals surface area contributed by atoms with Crippen LogP contribution in [-0.4, -0.2) is 75.3 Å². The van der Waals surface area contributed by atoms with Crippen LogP contribution in [0.3, 0.4) is 0 Å². The minimum atomic E-state index is -4.06. The summed E-state index contributed by atoms with van der Waals surface area (Å²) in [6.45, 7) is 8.45. The van der Waals surface area contributed by atoms with E-state index in [-0.39, 0.29) is 23.6 Å². The molecule has 4 N–H and O–H groups in total. The normalized spacial score (nSPS) is 20.1. The molecule has 40 heavy (non-hydrogen) atoms. The lowest BCUT2D eigenvalue weighted by Crippen LogP contribution is -2.25. The van der Waals surface area contributed by atoms with Gasteiger partial charge in [-0.25, -0.2) is 4.98 Å². The summed E-state index contributed by atoms with van der Waals surface area (Å²) in [4.78, 5) is 35.2. The van der Waals surface area contributed by atoms with Crippen molar-refractivity contribution in [3.63, 3.8) is 0 Å². The highest BCUT2D eigenvalue weighted by Gasteiger charge is 2.37. The maximum Gasteiger partial charge on any atom is 0.361 e. The second-order valence-corrected chi connectivity index (χ2v) is 13.6. The van der Waals surface area contributed by atoms with Crippen molar-refractivity contribution in [2.24, 2.45) is 10.8 Å². The molecule has 1 aliphatic rings. The van der Waals surface area contributed by atoms with Gasteiger partial charge in [-0.05, 0) is 53.8 Å². The molecule has 0 aromatic carbocycles. The third kappa shape index (κ3) is 8.28. The van der Waals surface area contributed by atoms with Gasteiger partial charge in [0.05, 0.1) is 29.9 Å². The van der Waals surface area contributed by atoms with E-state index in [0.29, 0.717) is 11.2 Å². The highest BCUT2D eigenvalue weighted by Crippen LogP contribution is 2.48. The number of aromatic amines is 1. The number of carbonyl (C=O) groups excluding carboxylic acids is 2. The fourth-order valence-electron chi connectivity index (χ4n) is 3.39. The smallest absolute Gasteiger partial charge is 0.361 e.